The summed E-state index contributed by atoms with van der Waals surface area (Å²) in [4.78, 5) is 0. The van der Waals surface area contributed by atoms with Crippen molar-refractivity contribution >= 4 is 0 Å². The third-order valence-corrected chi connectivity index (χ3v) is 2.13. The van der Waals surface area contributed by atoms with Crippen molar-refractivity contribution in [3.63, 3.8) is 0 Å². The molecule has 0 aromatic heterocycles. The highest BCUT2D eigenvalue weighted by Gasteiger charge is 2.43. The fourth-order valence-electron chi connectivity index (χ4n) is 1.42. The van der Waals surface area contributed by atoms with Gasteiger partial charge in [-0.05, 0) is 37.7 Å². The van der Waals surface area contributed by atoms with Crippen molar-refractivity contribution in [2.45, 2.75) is 12.7 Å². The summed E-state index contributed by atoms with van der Waals surface area (Å²) in [6.45, 7) is 0.788. The Morgan fingerprint density at radius 3 is 2.73 bits per heavy atom. The highest BCUT2D eigenvalue weighted by molar-refractivity contribution is 5.45. The predicted octanol–water partition coefficient (Wildman–Crippen LogP) is 1.77. The first kappa shape index (κ1) is 10.2. The van der Waals surface area contributed by atoms with Gasteiger partial charge < -0.3 is 14.8 Å². The fourth-order valence-corrected chi connectivity index (χ4v) is 1.42. The van der Waals surface area contributed by atoms with Crippen LogP contribution in [0.15, 0.2) is 18.2 Å². The number of rotatable bonds is 3. The molecule has 3 nitrogen and oxygen atoms in total. The Morgan fingerprint density at radius 1 is 1.27 bits per heavy atom. The minimum Gasteiger partial charge on any atom is -0.395 e. The van der Waals surface area contributed by atoms with E-state index in [0.717, 1.165) is 18.5 Å². The van der Waals surface area contributed by atoms with Crippen LogP contribution in [0.4, 0.5) is 8.78 Å². The van der Waals surface area contributed by atoms with Crippen LogP contribution in [0.3, 0.4) is 0 Å². The highest BCUT2D eigenvalue weighted by atomic mass is 19.3. The molecule has 0 saturated heterocycles. The molecule has 0 amide bonds. The summed E-state index contributed by atoms with van der Waals surface area (Å²) in [6.07, 6.45) is -2.76. The van der Waals surface area contributed by atoms with Crippen molar-refractivity contribution in [3.05, 3.63) is 23.8 Å². The molecule has 0 saturated carbocycles. The summed E-state index contributed by atoms with van der Waals surface area (Å²) in [5.74, 6) is 0.196. The third kappa shape index (κ3) is 2.18. The number of ether oxygens (including phenoxy) is 2. The molecular formula is C10H11F2NO2. The average Bonchev–Trinajstić information content (AvgIpc) is 2.47. The predicted molar refractivity (Wildman–Crippen MR) is 50.3 cm³/mol. The monoisotopic (exact) mass is 215 g/mol. The van der Waals surface area contributed by atoms with Gasteiger partial charge in [0.2, 0.25) is 0 Å². The number of likely N-dealkylation sites (N-methyl/N-ethyl adjacent to an activating group) is 1. The maximum absolute atomic E-state index is 12.7. The van der Waals surface area contributed by atoms with Crippen molar-refractivity contribution in [1.29, 1.82) is 0 Å². The van der Waals surface area contributed by atoms with Gasteiger partial charge in [-0.15, -0.1) is 8.78 Å². The van der Waals surface area contributed by atoms with Gasteiger partial charge in [0.05, 0.1) is 0 Å². The average molecular weight is 215 g/mol. The Kier molecular flexibility index (Phi) is 2.48. The van der Waals surface area contributed by atoms with Crippen molar-refractivity contribution in [3.8, 4) is 11.5 Å². The Morgan fingerprint density at radius 2 is 2.00 bits per heavy atom. The van der Waals surface area contributed by atoms with Crippen molar-refractivity contribution in [1.82, 2.24) is 5.32 Å². The topological polar surface area (TPSA) is 30.5 Å². The van der Waals surface area contributed by atoms with Crippen LogP contribution in [-0.2, 0) is 6.42 Å². The molecule has 5 heteroatoms. The molecule has 0 radical (unpaired) electrons. The molecule has 0 unspecified atom stereocenters. The van der Waals surface area contributed by atoms with Gasteiger partial charge in [-0.3, -0.25) is 0 Å². The summed E-state index contributed by atoms with van der Waals surface area (Å²) >= 11 is 0. The van der Waals surface area contributed by atoms with Crippen LogP contribution in [0, 0.1) is 0 Å². The number of halogens is 2. The lowest BCUT2D eigenvalue weighted by Gasteiger charge is -2.04. The van der Waals surface area contributed by atoms with Crippen LogP contribution < -0.4 is 14.8 Å². The van der Waals surface area contributed by atoms with Crippen LogP contribution in [0.5, 0.6) is 11.5 Å². The highest BCUT2D eigenvalue weighted by Crippen LogP contribution is 2.41. The number of nitrogens with one attached hydrogen (secondary N) is 1. The number of benzene rings is 1. The van der Waals surface area contributed by atoms with Crippen molar-refractivity contribution in [2.24, 2.45) is 0 Å². The number of alkyl halides is 2. The summed E-state index contributed by atoms with van der Waals surface area (Å²) in [7, 11) is 1.83. The molecule has 82 valence electrons. The first-order valence-corrected chi connectivity index (χ1v) is 4.64. The summed E-state index contributed by atoms with van der Waals surface area (Å²) in [6, 6.07) is 4.83. The quantitative estimate of drug-likeness (QED) is 0.833. The zero-order valence-electron chi connectivity index (χ0n) is 8.22. The van der Waals surface area contributed by atoms with E-state index in [4.69, 9.17) is 0 Å². The minimum atomic E-state index is -3.52. The molecule has 1 heterocycles. The van der Waals surface area contributed by atoms with Gasteiger partial charge in [0, 0.05) is 0 Å². The minimum absolute atomic E-state index is 0.0909. The second-order valence-corrected chi connectivity index (χ2v) is 3.30. The van der Waals surface area contributed by atoms with E-state index in [0.29, 0.717) is 0 Å². The second kappa shape index (κ2) is 3.66. The van der Waals surface area contributed by atoms with Crippen molar-refractivity contribution in [2.75, 3.05) is 13.6 Å². The Hall–Kier alpha value is -1.36. The lowest BCUT2D eigenvalue weighted by Crippen LogP contribution is -2.25. The van der Waals surface area contributed by atoms with E-state index >= 15 is 0 Å². The second-order valence-electron chi connectivity index (χ2n) is 3.30. The molecule has 0 fully saturated rings. The van der Waals surface area contributed by atoms with Crippen LogP contribution >= 0.6 is 0 Å². The van der Waals surface area contributed by atoms with Gasteiger partial charge in [-0.2, -0.15) is 0 Å². The standard InChI is InChI=1S/C10H11F2NO2/c1-13-5-4-7-2-3-8-9(6-7)15-10(11,12)14-8/h2-3,6,13H,4-5H2,1H3. The Bertz CT molecular complexity index is 368. The van der Waals surface area contributed by atoms with E-state index in [1.54, 1.807) is 12.1 Å². The molecule has 0 spiro atoms. The molecule has 0 aliphatic carbocycles. The maximum Gasteiger partial charge on any atom is 0.586 e. The molecule has 0 atom stereocenters. The lowest BCUT2D eigenvalue weighted by atomic mass is 10.1. The van der Waals surface area contributed by atoms with E-state index in [-0.39, 0.29) is 11.5 Å². The number of hydrogen-bond donors (Lipinski definition) is 1. The Labute approximate surface area is 86.0 Å². The van der Waals surface area contributed by atoms with Gasteiger partial charge in [-0.1, -0.05) is 6.07 Å². The number of hydrogen-bond acceptors (Lipinski definition) is 3. The van der Waals surface area contributed by atoms with E-state index < -0.39 is 6.29 Å². The summed E-state index contributed by atoms with van der Waals surface area (Å²) < 4.78 is 33.9. The zero-order chi connectivity index (χ0) is 10.9. The smallest absolute Gasteiger partial charge is 0.395 e. The molecule has 1 aliphatic heterocycles. The number of fused-ring (bicyclic) bond motifs is 1. The first-order valence-electron chi connectivity index (χ1n) is 4.64. The summed E-state index contributed by atoms with van der Waals surface area (Å²) in [5.41, 5.74) is 0.935. The SMILES string of the molecule is CNCCc1ccc2c(c1)OC(F)(F)O2. The molecule has 2 rings (SSSR count). The van der Waals surface area contributed by atoms with Gasteiger partial charge in [0.25, 0.3) is 0 Å². The molecule has 15 heavy (non-hydrogen) atoms. The lowest BCUT2D eigenvalue weighted by molar-refractivity contribution is -0.286. The molecular weight excluding hydrogens is 204 g/mol. The molecule has 1 aromatic rings. The van der Waals surface area contributed by atoms with Gasteiger partial charge in [0.1, 0.15) is 0 Å². The molecule has 1 aliphatic rings. The molecule has 1 N–H and O–H groups in total. The van der Waals surface area contributed by atoms with E-state index in [9.17, 15) is 8.78 Å². The maximum atomic E-state index is 12.7. The van der Waals surface area contributed by atoms with Gasteiger partial charge in [-0.25, -0.2) is 0 Å². The first-order chi connectivity index (χ1) is 7.11. The van der Waals surface area contributed by atoms with E-state index in [1.807, 2.05) is 7.05 Å². The molecule has 1 aromatic carbocycles. The normalized spacial score (nSPS) is 16.7. The van der Waals surface area contributed by atoms with Crippen LogP contribution in [0.1, 0.15) is 5.56 Å². The molecule has 0 bridgehead atoms. The van der Waals surface area contributed by atoms with Crippen molar-refractivity contribution < 1.29 is 18.3 Å². The largest absolute Gasteiger partial charge is 0.586 e. The summed E-state index contributed by atoms with van der Waals surface area (Å²) in [5, 5.41) is 2.98. The van der Waals surface area contributed by atoms with E-state index in [1.165, 1.54) is 6.07 Å². The fraction of sp³-hybridized carbons (Fsp3) is 0.400. The van der Waals surface area contributed by atoms with Crippen LogP contribution in [0.2, 0.25) is 0 Å². The third-order valence-electron chi connectivity index (χ3n) is 2.13. The Balaban J connectivity index is 2.15. The van der Waals surface area contributed by atoms with Crippen LogP contribution in [0.25, 0.3) is 0 Å². The van der Waals surface area contributed by atoms with E-state index in [2.05, 4.69) is 14.8 Å². The van der Waals surface area contributed by atoms with Gasteiger partial charge >= 0.3 is 6.29 Å². The van der Waals surface area contributed by atoms with Gasteiger partial charge in [0.15, 0.2) is 11.5 Å². The van der Waals surface area contributed by atoms with Crippen LogP contribution in [-0.4, -0.2) is 19.9 Å². The zero-order valence-corrected chi connectivity index (χ0v) is 8.22.